The van der Waals surface area contributed by atoms with Crippen LogP contribution in [0.4, 0.5) is 0 Å². The first-order valence-corrected chi connectivity index (χ1v) is 20.5. The minimum absolute atomic E-state index is 0.0743. The number of carbonyl (C=O) groups excluding carboxylic acids is 1. The number of hydrogen-bond donors (Lipinski definition) is 3. The fourth-order valence-electron chi connectivity index (χ4n) is 5.39. The molecule has 0 radical (unpaired) electrons. The fourth-order valence-corrected chi connectivity index (χ4v) is 6.13. The molecule has 274 valence electrons. The van der Waals surface area contributed by atoms with Crippen molar-refractivity contribution >= 4 is 13.7 Å². The van der Waals surface area contributed by atoms with E-state index in [1.807, 2.05) is 21.1 Å². The molecule has 0 saturated carbocycles. The van der Waals surface area contributed by atoms with Crippen LogP contribution in [-0.2, 0) is 18.4 Å². The molecule has 0 aliphatic carbocycles. The first kappa shape index (κ1) is 45.2. The minimum atomic E-state index is -4.30. The van der Waals surface area contributed by atoms with Crippen molar-refractivity contribution in [3.05, 3.63) is 12.2 Å². The molecule has 0 aliphatic heterocycles. The van der Waals surface area contributed by atoms with Crippen LogP contribution >= 0.6 is 7.82 Å². The topological polar surface area (TPSA) is 105 Å². The first-order chi connectivity index (χ1) is 22.0. The zero-order chi connectivity index (χ0) is 34.4. The van der Waals surface area contributed by atoms with Gasteiger partial charge in [0.1, 0.15) is 13.2 Å². The molecular weight excluding hydrogens is 599 g/mol. The lowest BCUT2D eigenvalue weighted by molar-refractivity contribution is -0.870. The van der Waals surface area contributed by atoms with Crippen LogP contribution < -0.4 is 5.32 Å². The van der Waals surface area contributed by atoms with Crippen molar-refractivity contribution in [1.82, 2.24) is 5.32 Å². The van der Waals surface area contributed by atoms with Gasteiger partial charge in [-0.15, -0.1) is 0 Å². The Morgan fingerprint density at radius 1 is 0.717 bits per heavy atom. The highest BCUT2D eigenvalue weighted by atomic mass is 31.2. The number of rotatable bonds is 34. The van der Waals surface area contributed by atoms with E-state index >= 15 is 0 Å². The summed E-state index contributed by atoms with van der Waals surface area (Å²) in [6.07, 6.45) is 30.8. The van der Waals surface area contributed by atoms with E-state index in [1.54, 1.807) is 0 Å². The smallest absolute Gasteiger partial charge is 0.391 e. The first-order valence-electron chi connectivity index (χ1n) is 19.1. The number of aliphatic hydroxyl groups excluding tert-OH is 1. The van der Waals surface area contributed by atoms with Gasteiger partial charge in [-0.2, -0.15) is 0 Å². The van der Waals surface area contributed by atoms with Gasteiger partial charge < -0.3 is 19.8 Å². The van der Waals surface area contributed by atoms with Crippen LogP contribution in [0.2, 0.25) is 0 Å². The molecule has 46 heavy (non-hydrogen) atoms. The maximum absolute atomic E-state index is 12.8. The Balaban J connectivity index is 4.48. The average Bonchev–Trinajstić information content (AvgIpc) is 2.99. The molecule has 0 saturated heterocycles. The van der Waals surface area contributed by atoms with Gasteiger partial charge in [-0.05, 0) is 38.5 Å². The predicted octanol–water partition coefficient (Wildman–Crippen LogP) is 9.63. The summed E-state index contributed by atoms with van der Waals surface area (Å²) in [5.41, 5.74) is 0. The zero-order valence-electron chi connectivity index (χ0n) is 30.8. The number of nitrogens with zero attached hydrogens (tertiary/aromatic N) is 1. The highest BCUT2D eigenvalue weighted by Crippen LogP contribution is 2.43. The lowest BCUT2D eigenvalue weighted by Crippen LogP contribution is -2.46. The van der Waals surface area contributed by atoms with Crippen molar-refractivity contribution in [3.8, 4) is 0 Å². The van der Waals surface area contributed by atoms with Crippen LogP contribution in [0.3, 0.4) is 0 Å². The summed E-state index contributed by atoms with van der Waals surface area (Å²) in [4.78, 5) is 23.0. The molecule has 8 nitrogen and oxygen atoms in total. The van der Waals surface area contributed by atoms with Gasteiger partial charge in [0.05, 0.1) is 39.9 Å². The maximum Gasteiger partial charge on any atom is 0.472 e. The molecule has 3 atom stereocenters. The van der Waals surface area contributed by atoms with Gasteiger partial charge in [0, 0.05) is 6.42 Å². The Hall–Kier alpha value is -0.760. The lowest BCUT2D eigenvalue weighted by Gasteiger charge is -2.26. The Kier molecular flexibility index (Phi) is 29.8. The number of carbonyl (C=O) groups is 1. The van der Waals surface area contributed by atoms with Crippen molar-refractivity contribution in [2.75, 3.05) is 40.9 Å². The minimum Gasteiger partial charge on any atom is -0.391 e. The Bertz CT molecular complexity index is 773. The van der Waals surface area contributed by atoms with Crippen LogP contribution in [-0.4, -0.2) is 73.4 Å². The number of aliphatic hydroxyl groups is 1. The number of unbranched alkanes of at least 4 members (excludes halogenated alkanes) is 19. The van der Waals surface area contributed by atoms with Crippen molar-refractivity contribution in [2.24, 2.45) is 0 Å². The SMILES string of the molecule is CCCCCC/C=C/CCCCCCCC(=O)N[C@@H](COP(=O)(O)OCC[N+](C)(C)C)[C@H](O)CCCCCCCCCCCCC. The summed E-state index contributed by atoms with van der Waals surface area (Å²) < 4.78 is 23.5. The summed E-state index contributed by atoms with van der Waals surface area (Å²) in [7, 11) is 1.61. The number of phosphoric ester groups is 1. The number of hydrogen-bond acceptors (Lipinski definition) is 5. The predicted molar refractivity (Wildman–Crippen MR) is 194 cm³/mol. The molecule has 9 heteroatoms. The van der Waals surface area contributed by atoms with Gasteiger partial charge >= 0.3 is 7.82 Å². The van der Waals surface area contributed by atoms with E-state index in [9.17, 15) is 19.4 Å². The molecule has 0 bridgehead atoms. The lowest BCUT2D eigenvalue weighted by atomic mass is 10.0. The molecule has 0 rings (SSSR count). The van der Waals surface area contributed by atoms with Crippen LogP contribution in [0, 0.1) is 0 Å². The number of allylic oxidation sites excluding steroid dienone is 2. The molecule has 0 aromatic heterocycles. The van der Waals surface area contributed by atoms with E-state index in [1.165, 1.54) is 89.9 Å². The van der Waals surface area contributed by atoms with Gasteiger partial charge in [-0.3, -0.25) is 13.8 Å². The van der Waals surface area contributed by atoms with E-state index < -0.39 is 20.0 Å². The average molecular weight is 676 g/mol. The Labute approximate surface area is 284 Å². The van der Waals surface area contributed by atoms with Gasteiger partial charge in [0.2, 0.25) is 5.91 Å². The molecule has 1 unspecified atom stereocenters. The number of quaternary nitrogens is 1. The third-order valence-electron chi connectivity index (χ3n) is 8.51. The third kappa shape index (κ3) is 31.8. The van der Waals surface area contributed by atoms with Crippen LogP contribution in [0.15, 0.2) is 12.2 Å². The quantitative estimate of drug-likeness (QED) is 0.0272. The zero-order valence-corrected chi connectivity index (χ0v) is 31.7. The second-order valence-corrected chi connectivity index (χ2v) is 15.8. The molecule has 0 aromatic carbocycles. The van der Waals surface area contributed by atoms with Crippen LogP contribution in [0.5, 0.6) is 0 Å². The van der Waals surface area contributed by atoms with Crippen LogP contribution in [0.1, 0.15) is 168 Å². The third-order valence-corrected chi connectivity index (χ3v) is 9.50. The monoisotopic (exact) mass is 676 g/mol. The van der Waals surface area contributed by atoms with Gasteiger partial charge in [0.25, 0.3) is 0 Å². The molecule has 0 heterocycles. The van der Waals surface area contributed by atoms with E-state index in [0.29, 0.717) is 23.9 Å². The summed E-state index contributed by atoms with van der Waals surface area (Å²) in [5.74, 6) is -0.156. The molecule has 0 aliphatic rings. The normalized spacial score (nSPS) is 14.8. The highest BCUT2D eigenvalue weighted by Gasteiger charge is 2.28. The number of nitrogens with one attached hydrogen (secondary N) is 1. The summed E-state index contributed by atoms with van der Waals surface area (Å²) in [5, 5.41) is 13.8. The van der Waals surface area contributed by atoms with E-state index in [4.69, 9.17) is 9.05 Å². The highest BCUT2D eigenvalue weighted by molar-refractivity contribution is 7.47. The maximum atomic E-state index is 12.8. The van der Waals surface area contributed by atoms with E-state index in [-0.39, 0.29) is 19.1 Å². The Morgan fingerprint density at radius 3 is 1.70 bits per heavy atom. The van der Waals surface area contributed by atoms with E-state index in [0.717, 1.165) is 51.4 Å². The largest absolute Gasteiger partial charge is 0.472 e. The van der Waals surface area contributed by atoms with Crippen molar-refractivity contribution in [3.63, 3.8) is 0 Å². The molecular formula is C37H76N2O6P+. The number of amides is 1. The van der Waals surface area contributed by atoms with Crippen molar-refractivity contribution in [2.45, 2.75) is 180 Å². The second kappa shape index (κ2) is 30.3. The molecule has 0 aromatic rings. The standard InChI is InChI=1S/C37H75N2O6P/c1-6-8-10-12-14-16-18-19-21-23-25-27-29-31-37(41)38-35(34-45-46(42,43)44-33-32-39(3,4)5)36(40)30-28-26-24-22-20-17-15-13-11-9-7-2/h16,18,35-36,40H,6-15,17,19-34H2,1-5H3,(H-,38,41,42,43)/p+1/b18-16+/t35-,36+/m0/s1. The summed E-state index contributed by atoms with van der Waals surface area (Å²) in [6, 6.07) is -0.758. The molecule has 0 spiro atoms. The fraction of sp³-hybridized carbons (Fsp3) is 0.919. The Morgan fingerprint density at radius 2 is 1.17 bits per heavy atom. The van der Waals surface area contributed by atoms with Gasteiger partial charge in [0.15, 0.2) is 0 Å². The van der Waals surface area contributed by atoms with E-state index in [2.05, 4.69) is 31.3 Å². The summed E-state index contributed by atoms with van der Waals surface area (Å²) >= 11 is 0. The molecule has 1 amide bonds. The second-order valence-electron chi connectivity index (χ2n) is 14.3. The van der Waals surface area contributed by atoms with Crippen molar-refractivity contribution in [1.29, 1.82) is 0 Å². The van der Waals surface area contributed by atoms with Crippen molar-refractivity contribution < 1.29 is 32.9 Å². The summed E-state index contributed by atoms with van der Waals surface area (Å²) in [6.45, 7) is 4.84. The number of phosphoric acid groups is 1. The van der Waals surface area contributed by atoms with Gasteiger partial charge in [-0.1, -0.05) is 135 Å². The molecule has 0 fully saturated rings. The number of likely N-dealkylation sites (N-methyl/N-ethyl adjacent to an activating group) is 1. The molecule has 3 N–H and O–H groups in total. The van der Waals surface area contributed by atoms with Crippen LogP contribution in [0.25, 0.3) is 0 Å². The van der Waals surface area contributed by atoms with Gasteiger partial charge in [-0.25, -0.2) is 4.57 Å².